The molecule has 88 valence electrons. The van der Waals surface area contributed by atoms with E-state index < -0.39 is 5.97 Å². The number of carboxylic acid groups (broad SMARTS) is 1. The molecule has 1 rings (SSSR count). The third-order valence-corrected chi connectivity index (χ3v) is 3.42. The van der Waals surface area contributed by atoms with Gasteiger partial charge in [-0.3, -0.25) is 4.79 Å². The number of rotatable bonds is 9. The van der Waals surface area contributed by atoms with E-state index >= 15 is 0 Å². The lowest BCUT2D eigenvalue weighted by Gasteiger charge is -2.00. The smallest absolute Gasteiger partial charge is 0.306 e. The van der Waals surface area contributed by atoms with Crippen LogP contribution in [-0.2, 0) is 4.79 Å². The van der Waals surface area contributed by atoms with Crippen LogP contribution >= 0.6 is 0 Å². The molecule has 1 aliphatic rings. The third-order valence-electron chi connectivity index (χ3n) is 3.42. The van der Waals surface area contributed by atoms with Crippen LogP contribution in [-0.4, -0.2) is 11.1 Å². The minimum Gasteiger partial charge on any atom is -0.481 e. The van der Waals surface area contributed by atoms with Crippen molar-refractivity contribution in [2.75, 3.05) is 0 Å². The fourth-order valence-electron chi connectivity index (χ4n) is 2.23. The summed E-state index contributed by atoms with van der Waals surface area (Å²) < 4.78 is 0. The van der Waals surface area contributed by atoms with E-state index in [2.05, 4.69) is 6.92 Å². The first-order valence-electron chi connectivity index (χ1n) is 6.48. The van der Waals surface area contributed by atoms with Gasteiger partial charge < -0.3 is 5.11 Å². The van der Waals surface area contributed by atoms with Crippen molar-refractivity contribution in [1.29, 1.82) is 0 Å². The Balaban J connectivity index is 1.80. The molecule has 0 radical (unpaired) electrons. The van der Waals surface area contributed by atoms with Gasteiger partial charge in [0.15, 0.2) is 0 Å². The van der Waals surface area contributed by atoms with Crippen LogP contribution in [0.3, 0.4) is 0 Å². The molecular weight excluding hydrogens is 188 g/mol. The summed E-state index contributed by atoms with van der Waals surface area (Å²) in [6.07, 6.45) is 11.4. The lowest BCUT2D eigenvalue weighted by atomic mass is 10.1. The molecule has 0 heterocycles. The van der Waals surface area contributed by atoms with Gasteiger partial charge in [0.25, 0.3) is 0 Å². The van der Waals surface area contributed by atoms with Gasteiger partial charge in [-0.2, -0.15) is 0 Å². The molecule has 0 unspecified atom stereocenters. The zero-order valence-corrected chi connectivity index (χ0v) is 9.87. The first-order valence-corrected chi connectivity index (χ1v) is 6.48. The number of aliphatic carboxylic acids is 1. The fourth-order valence-corrected chi connectivity index (χ4v) is 2.23. The zero-order valence-electron chi connectivity index (χ0n) is 9.87. The molecule has 0 bridgehead atoms. The van der Waals surface area contributed by atoms with E-state index in [4.69, 9.17) is 5.11 Å². The Labute approximate surface area is 93.1 Å². The second-order valence-corrected chi connectivity index (χ2v) is 4.85. The molecule has 0 amide bonds. The second-order valence-electron chi connectivity index (χ2n) is 4.85. The van der Waals surface area contributed by atoms with Crippen molar-refractivity contribution in [3.05, 3.63) is 0 Å². The van der Waals surface area contributed by atoms with Gasteiger partial charge in [0.05, 0.1) is 5.92 Å². The molecule has 1 fully saturated rings. The van der Waals surface area contributed by atoms with E-state index in [0.717, 1.165) is 12.8 Å². The zero-order chi connectivity index (χ0) is 11.1. The van der Waals surface area contributed by atoms with Crippen molar-refractivity contribution < 1.29 is 9.90 Å². The third kappa shape index (κ3) is 5.19. The summed E-state index contributed by atoms with van der Waals surface area (Å²) in [5.41, 5.74) is 0. The molecule has 0 saturated heterocycles. The van der Waals surface area contributed by atoms with Gasteiger partial charge in [0.1, 0.15) is 0 Å². The molecule has 2 nitrogen and oxygen atoms in total. The predicted molar refractivity (Wildman–Crippen MR) is 61.8 cm³/mol. The van der Waals surface area contributed by atoms with Crippen LogP contribution in [0.4, 0.5) is 0 Å². The predicted octanol–water partition coefficient (Wildman–Crippen LogP) is 3.85. The van der Waals surface area contributed by atoms with E-state index in [1.54, 1.807) is 0 Å². The Bertz CT molecular complexity index is 189. The summed E-state index contributed by atoms with van der Waals surface area (Å²) >= 11 is 0. The minimum absolute atomic E-state index is 0.00471. The number of carboxylic acids is 1. The molecule has 2 heteroatoms. The van der Waals surface area contributed by atoms with Gasteiger partial charge in [-0.1, -0.05) is 51.9 Å². The van der Waals surface area contributed by atoms with Crippen molar-refractivity contribution in [2.45, 2.75) is 64.7 Å². The summed E-state index contributed by atoms with van der Waals surface area (Å²) in [7, 11) is 0. The fraction of sp³-hybridized carbons (Fsp3) is 0.923. The molecular formula is C13H24O2. The van der Waals surface area contributed by atoms with Gasteiger partial charge >= 0.3 is 5.97 Å². The van der Waals surface area contributed by atoms with Crippen LogP contribution in [0.5, 0.6) is 0 Å². The summed E-state index contributed by atoms with van der Waals surface area (Å²) in [5.74, 6) is -0.0637. The molecule has 0 aromatic heterocycles. The maximum absolute atomic E-state index is 10.6. The number of hydrogen-bond acceptors (Lipinski definition) is 1. The highest BCUT2D eigenvalue weighted by Gasteiger charge is 2.42. The standard InChI is InChI=1S/C13H24O2/c1-2-3-4-5-6-7-8-9-11-10-12(11)13(14)15/h11-12H,2-10H2,1H3,(H,14,15)/t11-,12-/m0/s1. The SMILES string of the molecule is CCCCCCCCC[C@H]1C[C@@H]1C(=O)O. The van der Waals surface area contributed by atoms with Gasteiger partial charge in [-0.05, 0) is 18.8 Å². The van der Waals surface area contributed by atoms with E-state index in [-0.39, 0.29) is 5.92 Å². The normalized spacial score (nSPS) is 24.1. The number of hydrogen-bond donors (Lipinski definition) is 1. The summed E-state index contributed by atoms with van der Waals surface area (Å²) in [6.45, 7) is 2.24. The van der Waals surface area contributed by atoms with Crippen molar-refractivity contribution in [2.24, 2.45) is 11.8 Å². The average molecular weight is 212 g/mol. The molecule has 2 atom stereocenters. The second kappa shape index (κ2) is 6.86. The lowest BCUT2D eigenvalue weighted by molar-refractivity contribution is -0.138. The van der Waals surface area contributed by atoms with Gasteiger partial charge in [0.2, 0.25) is 0 Å². The highest BCUT2D eigenvalue weighted by atomic mass is 16.4. The molecule has 0 aromatic rings. The van der Waals surface area contributed by atoms with E-state index in [1.807, 2.05) is 0 Å². The van der Waals surface area contributed by atoms with Gasteiger partial charge in [0, 0.05) is 0 Å². The Hall–Kier alpha value is -0.530. The maximum atomic E-state index is 10.6. The Morgan fingerprint density at radius 1 is 1.13 bits per heavy atom. The Morgan fingerprint density at radius 2 is 1.73 bits per heavy atom. The van der Waals surface area contributed by atoms with E-state index in [0.29, 0.717) is 5.92 Å². The van der Waals surface area contributed by atoms with Crippen LogP contribution in [0.25, 0.3) is 0 Å². The van der Waals surface area contributed by atoms with Crippen molar-refractivity contribution in [1.82, 2.24) is 0 Å². The molecule has 1 saturated carbocycles. The Morgan fingerprint density at radius 3 is 2.27 bits per heavy atom. The van der Waals surface area contributed by atoms with E-state index in [1.165, 1.54) is 44.9 Å². The largest absolute Gasteiger partial charge is 0.481 e. The van der Waals surface area contributed by atoms with Crippen LogP contribution < -0.4 is 0 Å². The van der Waals surface area contributed by atoms with Crippen LogP contribution in [0, 0.1) is 11.8 Å². The van der Waals surface area contributed by atoms with E-state index in [9.17, 15) is 4.79 Å². The maximum Gasteiger partial charge on any atom is 0.306 e. The molecule has 1 N–H and O–H groups in total. The summed E-state index contributed by atoms with van der Waals surface area (Å²) in [6, 6.07) is 0. The monoisotopic (exact) mass is 212 g/mol. The first-order chi connectivity index (χ1) is 7.25. The summed E-state index contributed by atoms with van der Waals surface area (Å²) in [5, 5.41) is 8.72. The quantitative estimate of drug-likeness (QED) is 0.589. The molecule has 0 spiro atoms. The molecule has 1 aliphatic carbocycles. The first kappa shape index (κ1) is 12.5. The molecule has 15 heavy (non-hydrogen) atoms. The minimum atomic E-state index is -0.581. The van der Waals surface area contributed by atoms with Gasteiger partial charge in [-0.25, -0.2) is 0 Å². The van der Waals surface area contributed by atoms with Crippen molar-refractivity contribution in [3.63, 3.8) is 0 Å². The Kier molecular flexibility index (Phi) is 5.74. The highest BCUT2D eigenvalue weighted by Crippen LogP contribution is 2.42. The van der Waals surface area contributed by atoms with Crippen LogP contribution in [0.2, 0.25) is 0 Å². The van der Waals surface area contributed by atoms with Crippen LogP contribution in [0.1, 0.15) is 64.7 Å². The average Bonchev–Trinajstić information content (AvgIpc) is 2.96. The summed E-state index contributed by atoms with van der Waals surface area (Å²) in [4.78, 5) is 10.6. The van der Waals surface area contributed by atoms with Crippen molar-refractivity contribution >= 4 is 5.97 Å². The van der Waals surface area contributed by atoms with Gasteiger partial charge in [-0.15, -0.1) is 0 Å². The lowest BCUT2D eigenvalue weighted by Crippen LogP contribution is -1.99. The molecule has 0 aliphatic heterocycles. The number of unbranched alkanes of at least 4 members (excludes halogenated alkanes) is 6. The topological polar surface area (TPSA) is 37.3 Å². The van der Waals surface area contributed by atoms with Crippen molar-refractivity contribution in [3.8, 4) is 0 Å². The highest BCUT2D eigenvalue weighted by molar-refractivity contribution is 5.73. The molecule has 0 aromatic carbocycles. The van der Waals surface area contributed by atoms with Crippen LogP contribution in [0.15, 0.2) is 0 Å². The number of carbonyl (C=O) groups is 1.